The number of aryl methyl sites for hydroxylation is 1. The van der Waals surface area contributed by atoms with Crippen molar-refractivity contribution < 1.29 is 13.9 Å². The molecule has 0 aliphatic carbocycles. The van der Waals surface area contributed by atoms with E-state index in [1.54, 1.807) is 7.11 Å². The molecule has 0 spiro atoms. The van der Waals surface area contributed by atoms with Gasteiger partial charge in [-0.3, -0.25) is 4.79 Å². The Hall–Kier alpha value is -2.01. The number of nitrogens with zero attached hydrogens (tertiary/aromatic N) is 2. The highest BCUT2D eigenvalue weighted by molar-refractivity contribution is 6.07. The van der Waals surface area contributed by atoms with Gasteiger partial charge in [0.2, 0.25) is 0 Å². The summed E-state index contributed by atoms with van der Waals surface area (Å²) in [5, 5.41) is 0.852. The summed E-state index contributed by atoms with van der Waals surface area (Å²) in [7, 11) is 1.64. The molecule has 0 radical (unpaired) electrons. The van der Waals surface area contributed by atoms with E-state index in [-0.39, 0.29) is 5.91 Å². The van der Waals surface area contributed by atoms with Gasteiger partial charge >= 0.3 is 0 Å². The van der Waals surface area contributed by atoms with Crippen LogP contribution in [0.2, 0.25) is 0 Å². The minimum Gasteiger partial charge on any atom is -0.497 e. The number of likely N-dealkylation sites (tertiary alicyclic amines) is 2. The molecular weight excluding hydrogens is 328 g/mol. The highest BCUT2D eigenvalue weighted by Crippen LogP contribution is 2.31. The first-order valence-electron chi connectivity index (χ1n) is 9.78. The number of carbonyl (C=O) groups excluding carboxylic acids is 1. The Labute approximate surface area is 154 Å². The Balaban J connectivity index is 1.50. The number of carbonyl (C=O) groups is 1. The molecule has 26 heavy (non-hydrogen) atoms. The fourth-order valence-corrected chi connectivity index (χ4v) is 4.47. The molecule has 140 valence electrons. The van der Waals surface area contributed by atoms with Gasteiger partial charge in [0, 0.05) is 24.5 Å². The van der Waals surface area contributed by atoms with Crippen molar-refractivity contribution in [2.75, 3.05) is 33.3 Å². The Bertz CT molecular complexity index is 784. The molecule has 0 saturated carbocycles. The average Bonchev–Trinajstić information content (AvgIpc) is 3.03. The summed E-state index contributed by atoms with van der Waals surface area (Å²) in [6.07, 6.45) is 6.15. The summed E-state index contributed by atoms with van der Waals surface area (Å²) >= 11 is 0. The molecule has 5 heteroatoms. The van der Waals surface area contributed by atoms with E-state index < -0.39 is 0 Å². The molecule has 0 N–H and O–H groups in total. The van der Waals surface area contributed by atoms with Gasteiger partial charge in [0.1, 0.15) is 17.1 Å². The molecule has 1 aromatic carbocycles. The van der Waals surface area contributed by atoms with Crippen molar-refractivity contribution >= 4 is 16.9 Å². The van der Waals surface area contributed by atoms with Gasteiger partial charge in [-0.05, 0) is 63.9 Å². The molecule has 2 saturated heterocycles. The number of amides is 1. The number of methoxy groups -OCH3 is 1. The van der Waals surface area contributed by atoms with Gasteiger partial charge < -0.3 is 19.0 Å². The predicted molar refractivity (Wildman–Crippen MR) is 102 cm³/mol. The lowest BCUT2D eigenvalue weighted by molar-refractivity contribution is 0.0590. The van der Waals surface area contributed by atoms with Crippen LogP contribution in [0.3, 0.4) is 0 Å². The summed E-state index contributed by atoms with van der Waals surface area (Å²) < 4.78 is 11.1. The maximum Gasteiger partial charge on any atom is 0.258 e. The van der Waals surface area contributed by atoms with Crippen molar-refractivity contribution in [3.8, 4) is 5.75 Å². The van der Waals surface area contributed by atoms with E-state index in [9.17, 15) is 4.79 Å². The number of hydrogen-bond donors (Lipinski definition) is 0. The van der Waals surface area contributed by atoms with Gasteiger partial charge in [-0.25, -0.2) is 0 Å². The Morgan fingerprint density at radius 3 is 2.54 bits per heavy atom. The van der Waals surface area contributed by atoms with E-state index in [4.69, 9.17) is 9.15 Å². The van der Waals surface area contributed by atoms with E-state index >= 15 is 0 Å². The maximum atomic E-state index is 13.2. The first kappa shape index (κ1) is 17.4. The summed E-state index contributed by atoms with van der Waals surface area (Å²) in [5.41, 5.74) is 1.44. The van der Waals surface area contributed by atoms with Crippen LogP contribution in [0.4, 0.5) is 0 Å². The SMILES string of the molecule is COc1ccc2oc(C)c(C(=O)N3CCC(N4CCCCC4)CC3)c2c1. The van der Waals surface area contributed by atoms with Crippen LogP contribution in [0.1, 0.15) is 48.2 Å². The zero-order chi connectivity index (χ0) is 18.1. The van der Waals surface area contributed by atoms with Gasteiger partial charge in [0.25, 0.3) is 5.91 Å². The second kappa shape index (κ2) is 7.31. The van der Waals surface area contributed by atoms with Crippen LogP contribution >= 0.6 is 0 Å². The second-order valence-electron chi connectivity index (χ2n) is 7.52. The third-order valence-electron chi connectivity index (χ3n) is 5.94. The normalized spacial score (nSPS) is 19.8. The molecule has 2 aliphatic rings. The smallest absolute Gasteiger partial charge is 0.258 e. The highest BCUT2D eigenvalue weighted by atomic mass is 16.5. The van der Waals surface area contributed by atoms with E-state index in [2.05, 4.69) is 4.90 Å². The van der Waals surface area contributed by atoms with Crippen molar-refractivity contribution in [1.82, 2.24) is 9.80 Å². The number of furan rings is 1. The summed E-state index contributed by atoms with van der Waals surface area (Å²) in [6, 6.07) is 6.28. The minimum absolute atomic E-state index is 0.0894. The lowest BCUT2D eigenvalue weighted by Gasteiger charge is -2.40. The average molecular weight is 356 g/mol. The monoisotopic (exact) mass is 356 g/mol. The minimum atomic E-state index is 0.0894. The van der Waals surface area contributed by atoms with E-state index in [0.29, 0.717) is 17.4 Å². The van der Waals surface area contributed by atoms with Crippen LogP contribution in [0.15, 0.2) is 22.6 Å². The number of fused-ring (bicyclic) bond motifs is 1. The van der Waals surface area contributed by atoms with Crippen LogP contribution in [0, 0.1) is 6.92 Å². The fourth-order valence-electron chi connectivity index (χ4n) is 4.47. The summed E-state index contributed by atoms with van der Waals surface area (Å²) in [6.45, 7) is 5.99. The first-order chi connectivity index (χ1) is 12.7. The van der Waals surface area contributed by atoms with Crippen LogP contribution < -0.4 is 4.74 Å². The molecule has 0 atom stereocenters. The number of rotatable bonds is 3. The van der Waals surface area contributed by atoms with Crippen molar-refractivity contribution in [3.05, 3.63) is 29.5 Å². The lowest BCUT2D eigenvalue weighted by atomic mass is 9.99. The molecule has 2 fully saturated rings. The molecule has 3 heterocycles. The largest absolute Gasteiger partial charge is 0.497 e. The molecular formula is C21H28N2O3. The van der Waals surface area contributed by atoms with Crippen LogP contribution in [0.5, 0.6) is 5.75 Å². The second-order valence-corrected chi connectivity index (χ2v) is 7.52. The Morgan fingerprint density at radius 1 is 1.12 bits per heavy atom. The Kier molecular flexibility index (Phi) is 4.90. The molecule has 2 aromatic rings. The lowest BCUT2D eigenvalue weighted by Crippen LogP contribution is -2.48. The molecule has 5 nitrogen and oxygen atoms in total. The van der Waals surface area contributed by atoms with E-state index in [0.717, 1.165) is 42.6 Å². The predicted octanol–water partition coefficient (Wildman–Crippen LogP) is 3.84. The van der Waals surface area contributed by atoms with Gasteiger partial charge in [-0.2, -0.15) is 0 Å². The standard InChI is InChI=1S/C21H28N2O3/c1-15-20(18-14-17(25-2)6-7-19(18)26-15)21(24)23-12-8-16(9-13-23)22-10-4-3-5-11-22/h6-7,14,16H,3-5,8-13H2,1-2H3. The molecule has 1 aromatic heterocycles. The molecule has 4 rings (SSSR count). The third kappa shape index (κ3) is 3.20. The summed E-state index contributed by atoms with van der Waals surface area (Å²) in [4.78, 5) is 17.8. The van der Waals surface area contributed by atoms with Crippen molar-refractivity contribution in [3.63, 3.8) is 0 Å². The van der Waals surface area contributed by atoms with Crippen LogP contribution in [-0.4, -0.2) is 55.0 Å². The van der Waals surface area contributed by atoms with Gasteiger partial charge in [-0.1, -0.05) is 6.42 Å². The van der Waals surface area contributed by atoms with Crippen molar-refractivity contribution in [2.45, 2.75) is 45.1 Å². The topological polar surface area (TPSA) is 45.9 Å². The molecule has 0 unspecified atom stereocenters. The van der Waals surface area contributed by atoms with Crippen molar-refractivity contribution in [1.29, 1.82) is 0 Å². The van der Waals surface area contributed by atoms with Crippen LogP contribution in [0.25, 0.3) is 11.0 Å². The number of piperidine rings is 2. The molecule has 2 aliphatic heterocycles. The maximum absolute atomic E-state index is 13.2. The summed E-state index contributed by atoms with van der Waals surface area (Å²) in [5.74, 6) is 1.53. The fraction of sp³-hybridized carbons (Fsp3) is 0.571. The van der Waals surface area contributed by atoms with Gasteiger partial charge in [-0.15, -0.1) is 0 Å². The number of ether oxygens (including phenoxy) is 1. The van der Waals surface area contributed by atoms with Crippen molar-refractivity contribution in [2.24, 2.45) is 0 Å². The molecule has 0 bridgehead atoms. The first-order valence-corrected chi connectivity index (χ1v) is 9.78. The quantitative estimate of drug-likeness (QED) is 0.838. The Morgan fingerprint density at radius 2 is 1.85 bits per heavy atom. The van der Waals surface area contributed by atoms with Gasteiger partial charge in [0.05, 0.1) is 12.7 Å². The third-order valence-corrected chi connectivity index (χ3v) is 5.94. The van der Waals surface area contributed by atoms with Crippen LogP contribution in [-0.2, 0) is 0 Å². The van der Waals surface area contributed by atoms with Gasteiger partial charge in [0.15, 0.2) is 0 Å². The molecule has 1 amide bonds. The highest BCUT2D eigenvalue weighted by Gasteiger charge is 2.30. The zero-order valence-electron chi connectivity index (χ0n) is 15.8. The number of hydrogen-bond acceptors (Lipinski definition) is 4. The van der Waals surface area contributed by atoms with E-state index in [1.165, 1.54) is 32.4 Å². The number of benzene rings is 1. The van der Waals surface area contributed by atoms with E-state index in [1.807, 2.05) is 30.0 Å². The zero-order valence-corrected chi connectivity index (χ0v) is 15.8.